The number of benzene rings is 1. The standard InChI is InChI=1S/C41H51BrN6O9S/c1-9-22-18-41(22,37(52)55-8)47-35(50)28-16-24(19-48(28)36(51)33(40(4,5)6)45-39(53)57-23-12-10-11-13-23)56-30-17-26(27-20-58-38(44-27)46-34(49)21(2)3)43-32-25(30)14-15-29(54-7)31(32)42/h9,14-15,17,20-24,28,33H,1,10-13,16,18-19H2,2-8H3,(H,45,53)(H,47,50)(H,44,46,49)/t22-,24+,28+,33-,41-/m1/s1. The Morgan fingerprint density at radius 2 is 1.78 bits per heavy atom. The number of methoxy groups -OCH3 is 2. The number of carbonyl (C=O) groups excluding carboxylic acids is 5. The zero-order chi connectivity index (χ0) is 42.1. The van der Waals surface area contributed by atoms with E-state index in [9.17, 15) is 24.0 Å². The van der Waals surface area contributed by atoms with E-state index in [1.54, 1.807) is 50.6 Å². The van der Waals surface area contributed by atoms with E-state index in [0.717, 1.165) is 25.7 Å². The van der Waals surface area contributed by atoms with Gasteiger partial charge in [0.05, 0.1) is 36.4 Å². The van der Waals surface area contributed by atoms with Crippen molar-refractivity contribution in [1.82, 2.24) is 25.5 Å². The van der Waals surface area contributed by atoms with Gasteiger partial charge in [-0.15, -0.1) is 17.9 Å². The Kier molecular flexibility index (Phi) is 12.7. The van der Waals surface area contributed by atoms with Gasteiger partial charge in [0.15, 0.2) is 5.13 Å². The van der Waals surface area contributed by atoms with Crippen LogP contribution in [0.2, 0.25) is 0 Å². The molecule has 3 N–H and O–H groups in total. The zero-order valence-electron chi connectivity index (χ0n) is 33.8. The van der Waals surface area contributed by atoms with Crippen LogP contribution in [-0.2, 0) is 28.7 Å². The molecule has 1 aliphatic heterocycles. The van der Waals surface area contributed by atoms with Gasteiger partial charge < -0.3 is 39.8 Å². The summed E-state index contributed by atoms with van der Waals surface area (Å²) in [5, 5.41) is 11.3. The average Bonchev–Trinajstić information content (AvgIpc) is 3.61. The number of anilines is 1. The van der Waals surface area contributed by atoms with Gasteiger partial charge in [0.1, 0.15) is 47.0 Å². The quantitative estimate of drug-likeness (QED) is 0.128. The molecule has 0 spiro atoms. The van der Waals surface area contributed by atoms with E-state index >= 15 is 0 Å². The third-order valence-corrected chi connectivity index (χ3v) is 12.4. The van der Waals surface area contributed by atoms with Crippen molar-refractivity contribution in [3.8, 4) is 22.9 Å². The number of carbonyl (C=O) groups is 5. The number of halogens is 1. The van der Waals surface area contributed by atoms with Gasteiger partial charge in [0.25, 0.3) is 0 Å². The topological polar surface area (TPSA) is 187 Å². The van der Waals surface area contributed by atoms with E-state index in [0.29, 0.717) is 49.8 Å². The molecule has 2 aliphatic carbocycles. The van der Waals surface area contributed by atoms with E-state index < -0.39 is 53.0 Å². The van der Waals surface area contributed by atoms with Crippen LogP contribution < -0.4 is 25.4 Å². The predicted octanol–water partition coefficient (Wildman–Crippen LogP) is 6.39. The molecule has 58 heavy (non-hydrogen) atoms. The molecule has 3 aliphatic rings. The smallest absolute Gasteiger partial charge is 0.408 e. The summed E-state index contributed by atoms with van der Waals surface area (Å²) in [6, 6.07) is 3.14. The van der Waals surface area contributed by atoms with Crippen molar-refractivity contribution in [2.75, 3.05) is 26.1 Å². The number of likely N-dealkylation sites (tertiary alicyclic amines) is 1. The summed E-state index contributed by atoms with van der Waals surface area (Å²) >= 11 is 4.90. The summed E-state index contributed by atoms with van der Waals surface area (Å²) in [4.78, 5) is 78.5. The maximum Gasteiger partial charge on any atom is 0.408 e. The number of aromatic nitrogens is 2. The summed E-state index contributed by atoms with van der Waals surface area (Å²) in [5.41, 5.74) is -0.651. The van der Waals surface area contributed by atoms with E-state index in [1.165, 1.54) is 23.3 Å². The third kappa shape index (κ3) is 8.94. The van der Waals surface area contributed by atoms with Crippen LogP contribution in [0, 0.1) is 17.3 Å². The first-order chi connectivity index (χ1) is 27.5. The molecule has 6 rings (SSSR count). The number of rotatable bonds is 13. The number of nitrogens with one attached hydrogen (secondary N) is 3. The van der Waals surface area contributed by atoms with Gasteiger partial charge in [-0.2, -0.15) is 0 Å². The largest absolute Gasteiger partial charge is 0.495 e. The first-order valence-electron chi connectivity index (χ1n) is 19.4. The van der Waals surface area contributed by atoms with Crippen molar-refractivity contribution in [2.24, 2.45) is 17.3 Å². The second-order valence-electron chi connectivity index (χ2n) is 16.4. The molecule has 0 bridgehead atoms. The first-order valence-corrected chi connectivity index (χ1v) is 21.1. The van der Waals surface area contributed by atoms with Crippen molar-refractivity contribution in [1.29, 1.82) is 0 Å². The van der Waals surface area contributed by atoms with Gasteiger partial charge >= 0.3 is 12.1 Å². The van der Waals surface area contributed by atoms with Crippen LogP contribution in [0.25, 0.3) is 22.3 Å². The van der Waals surface area contributed by atoms with Crippen molar-refractivity contribution < 1.29 is 42.9 Å². The Balaban J connectivity index is 1.35. The first kappa shape index (κ1) is 42.8. The molecular weight excluding hydrogens is 832 g/mol. The van der Waals surface area contributed by atoms with Gasteiger partial charge in [-0.1, -0.05) is 40.7 Å². The Bertz CT molecular complexity index is 2100. The molecule has 4 amide bonds. The van der Waals surface area contributed by atoms with E-state index in [2.05, 4.69) is 43.4 Å². The number of hydrogen-bond acceptors (Lipinski definition) is 12. The van der Waals surface area contributed by atoms with Crippen molar-refractivity contribution in [3.63, 3.8) is 0 Å². The van der Waals surface area contributed by atoms with Crippen molar-refractivity contribution in [3.05, 3.63) is 40.7 Å². The minimum atomic E-state index is -1.31. The SMILES string of the molecule is C=C[C@@H]1C[C@]1(NC(=O)[C@@H]1C[C@H](Oc2cc(-c3csc(NC(=O)C(C)C)n3)nc3c(Br)c(OC)ccc23)CN1C(=O)[C@@H](NC(=O)OC1CCCC1)C(C)(C)C)C(=O)OC. The lowest BCUT2D eigenvalue weighted by Gasteiger charge is -2.35. The van der Waals surface area contributed by atoms with Gasteiger partial charge in [-0.05, 0) is 65.6 Å². The van der Waals surface area contributed by atoms with E-state index in [1.807, 2.05) is 20.8 Å². The Morgan fingerprint density at radius 3 is 2.40 bits per heavy atom. The average molecular weight is 884 g/mol. The highest BCUT2D eigenvalue weighted by molar-refractivity contribution is 9.10. The number of thiazole rings is 1. The molecule has 312 valence electrons. The minimum Gasteiger partial charge on any atom is -0.495 e. The van der Waals surface area contributed by atoms with Crippen LogP contribution in [0.1, 0.15) is 73.1 Å². The molecule has 2 saturated carbocycles. The summed E-state index contributed by atoms with van der Waals surface area (Å²) in [5.74, 6) is -1.51. The molecule has 2 aromatic heterocycles. The van der Waals surface area contributed by atoms with Crippen LogP contribution in [0.4, 0.5) is 9.93 Å². The van der Waals surface area contributed by atoms with Gasteiger partial charge in [0.2, 0.25) is 17.7 Å². The van der Waals surface area contributed by atoms with Crippen LogP contribution in [0.3, 0.4) is 0 Å². The number of hydrogen-bond donors (Lipinski definition) is 3. The Labute approximate surface area is 350 Å². The van der Waals surface area contributed by atoms with Gasteiger partial charge in [-0.25, -0.2) is 19.6 Å². The second kappa shape index (κ2) is 17.2. The van der Waals surface area contributed by atoms with Crippen molar-refractivity contribution >= 4 is 73.1 Å². The zero-order valence-corrected chi connectivity index (χ0v) is 36.2. The summed E-state index contributed by atoms with van der Waals surface area (Å²) in [6.07, 6.45) is 3.74. The lowest BCUT2D eigenvalue weighted by atomic mass is 9.85. The molecule has 1 aromatic carbocycles. The van der Waals surface area contributed by atoms with Gasteiger partial charge in [-0.3, -0.25) is 14.4 Å². The number of alkyl carbamates (subject to hydrolysis) is 1. The highest BCUT2D eigenvalue weighted by Gasteiger charge is 2.62. The summed E-state index contributed by atoms with van der Waals surface area (Å²) < 4.78 is 23.6. The highest BCUT2D eigenvalue weighted by Crippen LogP contribution is 2.46. The molecule has 5 atom stereocenters. The molecular formula is C41H51BrN6O9S. The fourth-order valence-electron chi connectivity index (χ4n) is 7.46. The molecule has 1 saturated heterocycles. The van der Waals surface area contributed by atoms with E-state index in [4.69, 9.17) is 23.9 Å². The number of esters is 1. The lowest BCUT2D eigenvalue weighted by molar-refractivity contribution is -0.148. The van der Waals surface area contributed by atoms with Gasteiger partial charge in [0, 0.05) is 35.1 Å². The maximum atomic E-state index is 14.7. The normalized spacial score (nSPS) is 22.3. The number of amides is 4. The summed E-state index contributed by atoms with van der Waals surface area (Å²) in [6.45, 7) is 12.8. The van der Waals surface area contributed by atoms with Crippen LogP contribution in [0.5, 0.6) is 11.5 Å². The Morgan fingerprint density at radius 1 is 1.05 bits per heavy atom. The maximum absolute atomic E-state index is 14.7. The van der Waals surface area contributed by atoms with E-state index in [-0.39, 0.29) is 36.8 Å². The van der Waals surface area contributed by atoms with Crippen LogP contribution in [-0.4, -0.2) is 95.2 Å². The molecule has 3 fully saturated rings. The number of pyridine rings is 1. The number of fused-ring (bicyclic) bond motifs is 1. The minimum absolute atomic E-state index is 0.0302. The fourth-order valence-corrected chi connectivity index (χ4v) is 8.76. The highest BCUT2D eigenvalue weighted by atomic mass is 79.9. The molecule has 17 heteroatoms. The monoisotopic (exact) mass is 882 g/mol. The molecule has 15 nitrogen and oxygen atoms in total. The fraction of sp³-hybridized carbons (Fsp3) is 0.537. The Hall–Kier alpha value is -4.77. The summed E-state index contributed by atoms with van der Waals surface area (Å²) in [7, 11) is 2.80. The number of nitrogens with zero attached hydrogens (tertiary/aromatic N) is 3. The third-order valence-electron chi connectivity index (χ3n) is 10.9. The molecule has 3 aromatic rings. The lowest BCUT2D eigenvalue weighted by Crippen LogP contribution is -2.59. The van der Waals surface area contributed by atoms with Crippen LogP contribution in [0.15, 0.2) is 40.7 Å². The molecule has 0 radical (unpaired) electrons. The molecule has 0 unspecified atom stereocenters. The van der Waals surface area contributed by atoms with Crippen molar-refractivity contribution in [2.45, 2.75) is 103 Å². The predicted molar refractivity (Wildman–Crippen MR) is 221 cm³/mol. The molecule has 3 heterocycles. The second-order valence-corrected chi connectivity index (χ2v) is 18.1. The van der Waals surface area contributed by atoms with Crippen LogP contribution >= 0.6 is 27.3 Å². The number of ether oxygens (including phenoxy) is 4.